The third-order valence-electron chi connectivity index (χ3n) is 19.0. The number of rotatable bonds is 134. The van der Waals surface area contributed by atoms with E-state index in [0.717, 1.165) is 0 Å². The first-order valence-corrected chi connectivity index (χ1v) is 52.5. The highest BCUT2D eigenvalue weighted by molar-refractivity contribution is 5.78. The summed E-state index contributed by atoms with van der Waals surface area (Å²) in [6.07, 6.45) is 0.0206. The topological polar surface area (TPSA) is 552 Å². The zero-order chi connectivity index (χ0) is 108. The number of ether oxygens (including phenoxy) is 40. The van der Waals surface area contributed by atoms with Gasteiger partial charge in [-0.2, -0.15) is 0 Å². The van der Waals surface area contributed by atoms with Gasteiger partial charge in [0.05, 0.1) is 509 Å². The van der Waals surface area contributed by atoms with Crippen LogP contribution in [0.5, 0.6) is 0 Å². The summed E-state index contributed by atoms with van der Waals surface area (Å²) in [7, 11) is 4.89. The van der Waals surface area contributed by atoms with Gasteiger partial charge in [0, 0.05) is 86.0 Å². The number of carbonyl (C=O) groups excluding carboxylic acids is 5. The van der Waals surface area contributed by atoms with Crippen molar-refractivity contribution >= 4 is 35.5 Å². The number of hydrogen-bond acceptors (Lipinski definition) is 46. The summed E-state index contributed by atoms with van der Waals surface area (Å²) < 4.78 is 222. The van der Waals surface area contributed by atoms with Gasteiger partial charge in [0.25, 0.3) is 0 Å². The van der Waals surface area contributed by atoms with Gasteiger partial charge >= 0.3 is 5.97 Å². The molecule has 0 unspecified atom stereocenters. The standard InChI is InChI=1S/C98H191N5O47/c1-111-23-26-119-39-42-127-53-56-133-65-68-139-77-80-145-86-83-142-74-71-136-62-59-130-50-47-124-36-31-116-20-12-100-93(105)7-16-148-89-98(103-96(108)10-15-114-29-34-122-45-46-123-35-30-115-19-11-99-92(104)5-4-6-97(109)110,90-149-17-8-94(106)101-13-21-117-32-37-125-48-51-131-60-63-137-72-75-143-84-87-146-81-78-140-69-66-134-57-54-128-43-40-120-27-24-112-2)91-150-18-9-95(107)102-14-22-118-33-38-126-49-52-132-61-64-138-73-76-144-85-88-147-82-79-141-70-67-135-58-55-129-44-41-121-28-25-113-3/h4-91H2,1-3H3,(H,99,104)(H,100,105)(H,101,106)(H,102,107)(H,103,108)(H,109,110). The fourth-order valence-electron chi connectivity index (χ4n) is 11.3. The lowest BCUT2D eigenvalue weighted by molar-refractivity contribution is -0.137. The average Bonchev–Trinajstić information content (AvgIpc) is 0.852. The average molecular weight is 2190 g/mol. The predicted octanol–water partition coefficient (Wildman–Crippen LogP) is -1.33. The lowest BCUT2D eigenvalue weighted by atomic mass is 10.0. The van der Waals surface area contributed by atoms with E-state index in [1.165, 1.54) is 0 Å². The van der Waals surface area contributed by atoms with E-state index in [2.05, 4.69) is 26.6 Å². The molecular weight excluding hydrogens is 2000 g/mol. The number of aliphatic carboxylic acids is 1. The van der Waals surface area contributed by atoms with Gasteiger partial charge in [-0.1, -0.05) is 0 Å². The first-order chi connectivity index (χ1) is 74.1. The minimum atomic E-state index is -1.41. The maximum atomic E-state index is 13.9. The molecule has 0 aromatic heterocycles. The Kier molecular flexibility index (Phi) is 124. The summed E-state index contributed by atoms with van der Waals surface area (Å²) in [6.45, 7) is 28.7. The van der Waals surface area contributed by atoms with Crippen molar-refractivity contribution in [3.63, 3.8) is 0 Å². The van der Waals surface area contributed by atoms with Crippen LogP contribution >= 0.6 is 0 Å². The van der Waals surface area contributed by atoms with Gasteiger partial charge in [-0.25, -0.2) is 0 Å². The molecule has 890 valence electrons. The molecule has 0 radical (unpaired) electrons. The molecule has 0 aliphatic rings. The van der Waals surface area contributed by atoms with Gasteiger partial charge < -0.3 is 221 Å². The molecule has 0 atom stereocenters. The summed E-state index contributed by atoms with van der Waals surface area (Å²) >= 11 is 0. The number of nitrogens with one attached hydrogen (secondary N) is 5. The number of methoxy groups -OCH3 is 3. The molecule has 0 aromatic carbocycles. The molecule has 52 heteroatoms. The Morgan fingerprint density at radius 2 is 0.280 bits per heavy atom. The zero-order valence-corrected chi connectivity index (χ0v) is 90.5. The fraction of sp³-hybridized carbons (Fsp3) is 0.939. The molecule has 5 amide bonds. The summed E-state index contributed by atoms with van der Waals surface area (Å²) in [5, 5.41) is 22.9. The third-order valence-corrected chi connectivity index (χ3v) is 19.0. The van der Waals surface area contributed by atoms with E-state index >= 15 is 0 Å². The molecule has 0 aromatic rings. The molecule has 0 bridgehead atoms. The van der Waals surface area contributed by atoms with Gasteiger partial charge in [-0.3, -0.25) is 28.8 Å². The van der Waals surface area contributed by atoms with Gasteiger partial charge in [0.15, 0.2) is 0 Å². The Hall–Kier alpha value is -4.78. The van der Waals surface area contributed by atoms with E-state index in [-0.39, 0.29) is 220 Å². The van der Waals surface area contributed by atoms with E-state index < -0.39 is 17.4 Å². The highest BCUT2D eigenvalue weighted by Crippen LogP contribution is 2.12. The molecule has 0 heterocycles. The Morgan fingerprint density at radius 1 is 0.153 bits per heavy atom. The van der Waals surface area contributed by atoms with Gasteiger partial charge in [-0.05, 0) is 6.42 Å². The second-order valence-corrected chi connectivity index (χ2v) is 31.4. The van der Waals surface area contributed by atoms with E-state index in [0.29, 0.717) is 383 Å². The number of carboxylic acid groups (broad SMARTS) is 1. The molecule has 0 aliphatic heterocycles. The monoisotopic (exact) mass is 2190 g/mol. The molecule has 0 saturated heterocycles. The van der Waals surface area contributed by atoms with Crippen molar-refractivity contribution < 1.29 is 223 Å². The fourth-order valence-corrected chi connectivity index (χ4v) is 11.3. The first-order valence-electron chi connectivity index (χ1n) is 52.5. The summed E-state index contributed by atoms with van der Waals surface area (Å²) in [6, 6.07) is 0. The smallest absolute Gasteiger partial charge is 0.303 e. The van der Waals surface area contributed by atoms with Crippen LogP contribution in [-0.4, -0.2) is 602 Å². The Bertz CT molecular complexity index is 2530. The minimum Gasteiger partial charge on any atom is -0.481 e. The van der Waals surface area contributed by atoms with Crippen LogP contribution in [0.15, 0.2) is 0 Å². The number of hydrogen-bond donors (Lipinski definition) is 6. The lowest BCUT2D eigenvalue weighted by Crippen LogP contribution is -2.59. The van der Waals surface area contributed by atoms with Crippen molar-refractivity contribution in [3.05, 3.63) is 0 Å². The Balaban J connectivity index is 5.21. The zero-order valence-electron chi connectivity index (χ0n) is 90.5. The van der Waals surface area contributed by atoms with Crippen molar-refractivity contribution in [2.45, 2.75) is 50.5 Å². The largest absolute Gasteiger partial charge is 0.481 e. The minimum absolute atomic E-state index is 0.0000103. The van der Waals surface area contributed by atoms with Crippen LogP contribution in [0.4, 0.5) is 0 Å². The van der Waals surface area contributed by atoms with Crippen LogP contribution in [0.2, 0.25) is 0 Å². The third kappa shape index (κ3) is 123. The lowest BCUT2D eigenvalue weighted by Gasteiger charge is -2.34. The maximum Gasteiger partial charge on any atom is 0.303 e. The number of amides is 5. The highest BCUT2D eigenvalue weighted by Gasteiger charge is 2.34. The second kappa shape index (κ2) is 128. The molecule has 0 spiro atoms. The van der Waals surface area contributed by atoms with Crippen LogP contribution in [0, 0.1) is 0 Å². The van der Waals surface area contributed by atoms with Gasteiger partial charge in [0.2, 0.25) is 29.5 Å². The molecule has 0 saturated carbocycles. The maximum absolute atomic E-state index is 13.9. The van der Waals surface area contributed by atoms with Crippen molar-refractivity contribution in [2.24, 2.45) is 0 Å². The van der Waals surface area contributed by atoms with E-state index in [9.17, 15) is 28.8 Å². The Morgan fingerprint density at radius 3 is 0.433 bits per heavy atom. The number of carboxylic acids is 1. The first kappa shape index (κ1) is 145. The van der Waals surface area contributed by atoms with Crippen molar-refractivity contribution in [2.75, 3.05) is 556 Å². The van der Waals surface area contributed by atoms with Crippen molar-refractivity contribution in [1.82, 2.24) is 26.6 Å². The normalized spacial score (nSPS) is 11.7. The molecule has 0 fully saturated rings. The van der Waals surface area contributed by atoms with E-state index in [1.807, 2.05) is 0 Å². The van der Waals surface area contributed by atoms with Crippen LogP contribution in [0.3, 0.4) is 0 Å². The van der Waals surface area contributed by atoms with Crippen LogP contribution in [0.25, 0.3) is 0 Å². The molecular formula is C98H191N5O47. The van der Waals surface area contributed by atoms with Gasteiger partial charge in [0.1, 0.15) is 5.54 Å². The second-order valence-electron chi connectivity index (χ2n) is 31.4. The summed E-state index contributed by atoms with van der Waals surface area (Å²) in [5.74, 6) is -2.63. The van der Waals surface area contributed by atoms with Crippen molar-refractivity contribution in [3.8, 4) is 0 Å². The van der Waals surface area contributed by atoms with Crippen LogP contribution in [-0.2, 0) is 218 Å². The Labute approximate surface area is 888 Å². The van der Waals surface area contributed by atoms with E-state index in [4.69, 9.17) is 195 Å². The molecule has 52 nitrogen and oxygen atoms in total. The SMILES string of the molecule is COCCOCCOCCOCCOCCOCCOCCOCCOCCOCCOCCNC(=O)CCOCC(COCCC(=O)NCCOCCOCCOCCOCCOCCOCCOCCOCCOCCOCCOC)(COCCC(=O)NCCOCCOCCOCCOCCOCCOCCOCCOCCOCCOCCOC)NC(=O)CCOCCOCCOCCOCCNC(=O)CCCC(=O)O. The van der Waals surface area contributed by atoms with E-state index in [1.54, 1.807) is 21.3 Å². The molecule has 6 N–H and O–H groups in total. The summed E-state index contributed by atoms with van der Waals surface area (Å²) in [4.78, 5) is 75.7. The van der Waals surface area contributed by atoms with Crippen LogP contribution < -0.4 is 26.6 Å². The highest BCUT2D eigenvalue weighted by atomic mass is 16.6. The molecule has 0 rings (SSSR count). The van der Waals surface area contributed by atoms with Gasteiger partial charge in [-0.15, -0.1) is 0 Å². The molecule has 150 heavy (non-hydrogen) atoms. The quantitative estimate of drug-likeness (QED) is 0.0384. The number of carbonyl (C=O) groups is 6. The summed E-state index contributed by atoms with van der Waals surface area (Å²) in [5.41, 5.74) is -1.41. The predicted molar refractivity (Wildman–Crippen MR) is 539 cm³/mol. The van der Waals surface area contributed by atoms with Crippen molar-refractivity contribution in [1.29, 1.82) is 0 Å². The molecule has 0 aliphatic carbocycles. The van der Waals surface area contributed by atoms with Crippen LogP contribution in [0.1, 0.15) is 44.9 Å².